The quantitative estimate of drug-likeness (QED) is 0.780. The van der Waals surface area contributed by atoms with Gasteiger partial charge in [-0.05, 0) is 55.2 Å². The summed E-state index contributed by atoms with van der Waals surface area (Å²) >= 11 is 6.01. The van der Waals surface area contributed by atoms with Gasteiger partial charge in [0.1, 0.15) is 0 Å². The molecule has 1 saturated carbocycles. The van der Waals surface area contributed by atoms with Crippen LogP contribution in [-0.2, 0) is 15.6 Å². The molecule has 1 amide bonds. The second-order valence-electron chi connectivity index (χ2n) is 7.15. The van der Waals surface area contributed by atoms with Gasteiger partial charge in [-0.15, -0.1) is 0 Å². The first-order chi connectivity index (χ1) is 12.7. The molecule has 0 unspecified atom stereocenters. The third-order valence-electron chi connectivity index (χ3n) is 5.00. The number of benzene rings is 2. The molecule has 0 aliphatic heterocycles. The van der Waals surface area contributed by atoms with Crippen molar-refractivity contribution < 1.29 is 13.2 Å². The van der Waals surface area contributed by atoms with Gasteiger partial charge in [-0.1, -0.05) is 42.6 Å². The third-order valence-corrected chi connectivity index (χ3v) is 5.84. The molecule has 0 aromatic heterocycles. The average Bonchev–Trinajstić information content (AvgIpc) is 3.05. The van der Waals surface area contributed by atoms with E-state index in [9.17, 15) is 13.2 Å². The van der Waals surface area contributed by atoms with Crippen LogP contribution in [0.2, 0.25) is 5.02 Å². The predicted octanol–water partition coefficient (Wildman–Crippen LogP) is 4.22. The van der Waals surface area contributed by atoms with E-state index in [1.807, 2.05) is 24.3 Å². The predicted molar refractivity (Wildman–Crippen MR) is 109 cm³/mol. The van der Waals surface area contributed by atoms with E-state index in [4.69, 9.17) is 11.6 Å². The lowest BCUT2D eigenvalue weighted by Gasteiger charge is -2.31. The topological polar surface area (TPSA) is 75.3 Å². The minimum absolute atomic E-state index is 0.219. The Morgan fingerprint density at radius 1 is 1.07 bits per heavy atom. The van der Waals surface area contributed by atoms with Gasteiger partial charge in [0, 0.05) is 10.6 Å². The van der Waals surface area contributed by atoms with Gasteiger partial charge in [-0.2, -0.15) is 0 Å². The van der Waals surface area contributed by atoms with Gasteiger partial charge in [0.15, 0.2) is 0 Å². The Bertz CT molecular complexity index is 950. The number of hydrogen-bond donors (Lipinski definition) is 2. The largest absolute Gasteiger partial charge is 0.343 e. The molecule has 0 atom stereocenters. The first-order valence-corrected chi connectivity index (χ1v) is 11.1. The van der Waals surface area contributed by atoms with Crippen LogP contribution in [0.15, 0.2) is 42.5 Å². The van der Waals surface area contributed by atoms with E-state index in [2.05, 4.69) is 10.0 Å². The van der Waals surface area contributed by atoms with Crippen molar-refractivity contribution in [3.8, 4) is 0 Å². The Hall–Kier alpha value is -2.05. The van der Waals surface area contributed by atoms with E-state index in [1.165, 1.54) is 0 Å². The molecule has 1 aliphatic rings. The van der Waals surface area contributed by atoms with Gasteiger partial charge >= 0.3 is 0 Å². The summed E-state index contributed by atoms with van der Waals surface area (Å²) in [6.07, 6.45) is 4.89. The van der Waals surface area contributed by atoms with Crippen molar-refractivity contribution >= 4 is 33.2 Å². The van der Waals surface area contributed by atoms with Crippen molar-refractivity contribution in [3.05, 3.63) is 64.2 Å². The Kier molecular flexibility index (Phi) is 5.49. The highest BCUT2D eigenvalue weighted by Crippen LogP contribution is 2.39. The molecule has 2 aromatic rings. The van der Waals surface area contributed by atoms with Crippen LogP contribution in [0.1, 0.15) is 47.2 Å². The van der Waals surface area contributed by atoms with Crippen molar-refractivity contribution in [2.24, 2.45) is 0 Å². The second-order valence-corrected chi connectivity index (χ2v) is 9.34. The summed E-state index contributed by atoms with van der Waals surface area (Å²) < 4.78 is 25.6. The van der Waals surface area contributed by atoms with Crippen molar-refractivity contribution in [3.63, 3.8) is 0 Å². The van der Waals surface area contributed by atoms with Crippen molar-refractivity contribution in [2.75, 3.05) is 11.0 Å². The smallest absolute Gasteiger partial charge is 0.252 e. The van der Waals surface area contributed by atoms with E-state index >= 15 is 0 Å². The van der Waals surface area contributed by atoms with Crippen LogP contribution < -0.4 is 10.0 Å². The molecule has 1 fully saturated rings. The lowest BCUT2D eigenvalue weighted by Crippen LogP contribution is -2.43. The molecule has 0 radical (unpaired) electrons. The number of rotatable bonds is 5. The molecular weight excluding hydrogens is 384 g/mol. The molecule has 7 heteroatoms. The standard InChI is InChI=1S/C20H23ClN2O3S/c1-14-5-6-15(13-18(14)23-27(2,25)26)19(24)22-20(11-3-4-12-20)16-7-9-17(21)10-8-16/h5-10,13,23H,3-4,11-12H2,1-2H3,(H,22,24). The summed E-state index contributed by atoms with van der Waals surface area (Å²) in [6, 6.07) is 12.6. The molecule has 1 aliphatic carbocycles. The van der Waals surface area contributed by atoms with Gasteiger partial charge in [-0.25, -0.2) is 8.42 Å². The first kappa shape index (κ1) is 19.7. The van der Waals surface area contributed by atoms with Crippen molar-refractivity contribution in [2.45, 2.75) is 38.1 Å². The average molecular weight is 407 g/mol. The van der Waals surface area contributed by atoms with E-state index in [1.54, 1.807) is 25.1 Å². The molecule has 0 spiro atoms. The maximum atomic E-state index is 13.0. The molecule has 5 nitrogen and oxygen atoms in total. The lowest BCUT2D eigenvalue weighted by atomic mass is 9.87. The third kappa shape index (κ3) is 4.62. The fourth-order valence-corrected chi connectivity index (χ4v) is 4.34. The van der Waals surface area contributed by atoms with Crippen LogP contribution in [0.3, 0.4) is 0 Å². The molecule has 2 aromatic carbocycles. The zero-order chi connectivity index (χ0) is 19.7. The Morgan fingerprint density at radius 2 is 1.70 bits per heavy atom. The molecule has 3 rings (SSSR count). The van der Waals surface area contributed by atoms with Crippen LogP contribution in [0.4, 0.5) is 5.69 Å². The normalized spacial score (nSPS) is 16.1. The summed E-state index contributed by atoms with van der Waals surface area (Å²) in [7, 11) is -3.42. The first-order valence-electron chi connectivity index (χ1n) is 8.86. The summed E-state index contributed by atoms with van der Waals surface area (Å²) in [5.41, 5.74) is 2.21. The highest BCUT2D eigenvalue weighted by molar-refractivity contribution is 7.92. The number of halogens is 1. The number of aryl methyl sites for hydroxylation is 1. The second kappa shape index (κ2) is 7.52. The van der Waals surface area contributed by atoms with Crippen molar-refractivity contribution in [1.82, 2.24) is 5.32 Å². The van der Waals surface area contributed by atoms with E-state index in [-0.39, 0.29) is 5.91 Å². The summed E-state index contributed by atoms with van der Waals surface area (Å²) in [5.74, 6) is -0.219. The van der Waals surface area contributed by atoms with Gasteiger partial charge in [-0.3, -0.25) is 9.52 Å². The van der Waals surface area contributed by atoms with Crippen LogP contribution in [0.5, 0.6) is 0 Å². The van der Waals surface area contributed by atoms with Crippen LogP contribution in [-0.4, -0.2) is 20.6 Å². The molecule has 144 valence electrons. The highest BCUT2D eigenvalue weighted by atomic mass is 35.5. The highest BCUT2D eigenvalue weighted by Gasteiger charge is 2.37. The molecule has 0 heterocycles. The molecule has 2 N–H and O–H groups in total. The van der Waals surface area contributed by atoms with E-state index in [0.717, 1.165) is 43.1 Å². The maximum Gasteiger partial charge on any atom is 0.252 e. The number of sulfonamides is 1. The Labute approximate surface area is 165 Å². The molecule has 0 saturated heterocycles. The van der Waals surface area contributed by atoms with Gasteiger partial charge in [0.2, 0.25) is 10.0 Å². The Morgan fingerprint density at radius 3 is 2.30 bits per heavy atom. The fraction of sp³-hybridized carbons (Fsp3) is 0.350. The number of carbonyl (C=O) groups excluding carboxylic acids is 1. The minimum Gasteiger partial charge on any atom is -0.343 e. The van der Waals surface area contributed by atoms with Crippen LogP contribution >= 0.6 is 11.6 Å². The molecular formula is C20H23ClN2O3S. The van der Waals surface area contributed by atoms with Gasteiger partial charge in [0.05, 0.1) is 17.5 Å². The van der Waals surface area contributed by atoms with Gasteiger partial charge < -0.3 is 5.32 Å². The van der Waals surface area contributed by atoms with E-state index < -0.39 is 15.6 Å². The summed E-state index contributed by atoms with van der Waals surface area (Å²) in [6.45, 7) is 1.79. The number of carbonyl (C=O) groups is 1. The number of anilines is 1. The van der Waals surface area contributed by atoms with Crippen molar-refractivity contribution in [1.29, 1.82) is 0 Å². The number of amides is 1. The minimum atomic E-state index is -3.42. The summed E-state index contributed by atoms with van der Waals surface area (Å²) in [4.78, 5) is 13.0. The zero-order valence-corrected chi connectivity index (χ0v) is 17.0. The SMILES string of the molecule is Cc1ccc(C(=O)NC2(c3ccc(Cl)cc3)CCCC2)cc1NS(C)(=O)=O. The fourth-order valence-electron chi connectivity index (χ4n) is 3.60. The number of nitrogens with one attached hydrogen (secondary N) is 2. The summed E-state index contributed by atoms with van der Waals surface area (Å²) in [5, 5.41) is 3.86. The molecule has 27 heavy (non-hydrogen) atoms. The number of hydrogen-bond acceptors (Lipinski definition) is 3. The van der Waals surface area contributed by atoms with E-state index in [0.29, 0.717) is 16.3 Å². The maximum absolute atomic E-state index is 13.0. The Balaban J connectivity index is 1.89. The lowest BCUT2D eigenvalue weighted by molar-refractivity contribution is 0.0898. The van der Waals surface area contributed by atoms with Crippen LogP contribution in [0, 0.1) is 6.92 Å². The van der Waals surface area contributed by atoms with Crippen LogP contribution in [0.25, 0.3) is 0 Å². The zero-order valence-electron chi connectivity index (χ0n) is 15.4. The van der Waals surface area contributed by atoms with Gasteiger partial charge in [0.25, 0.3) is 5.91 Å². The monoisotopic (exact) mass is 406 g/mol. The molecule has 0 bridgehead atoms.